The van der Waals surface area contributed by atoms with E-state index < -0.39 is 12.6 Å². The Kier molecular flexibility index (Phi) is 10.2. The first-order valence-corrected chi connectivity index (χ1v) is 17.8. The fourth-order valence-electron chi connectivity index (χ4n) is 6.50. The Labute approximate surface area is 282 Å². The highest BCUT2D eigenvalue weighted by molar-refractivity contribution is 9.10. The molecule has 45 heavy (non-hydrogen) atoms. The quantitative estimate of drug-likeness (QED) is 0.0951. The van der Waals surface area contributed by atoms with E-state index in [2.05, 4.69) is 101 Å². The van der Waals surface area contributed by atoms with E-state index in [1.165, 1.54) is 54.3 Å². The van der Waals surface area contributed by atoms with Crippen LogP contribution in [-0.2, 0) is 12.8 Å². The fourth-order valence-corrected chi connectivity index (χ4v) is 8.16. The van der Waals surface area contributed by atoms with Gasteiger partial charge in [0, 0.05) is 25.5 Å². The molecule has 6 rings (SSSR count). The van der Waals surface area contributed by atoms with E-state index in [0.717, 1.165) is 59.9 Å². The summed E-state index contributed by atoms with van der Waals surface area (Å²) in [5, 5.41) is 0. The predicted octanol–water partition coefficient (Wildman–Crippen LogP) is 13.6. The molecule has 0 nitrogen and oxygen atoms in total. The number of unbranched alkanes of at least 4 members (excludes halogenated alkanes) is 6. The number of thiophene rings is 1. The van der Waals surface area contributed by atoms with Crippen LogP contribution in [0.25, 0.3) is 43.1 Å². The number of fused-ring (bicyclic) bond motifs is 3. The van der Waals surface area contributed by atoms with Gasteiger partial charge in [-0.2, -0.15) is 13.2 Å². The van der Waals surface area contributed by atoms with Crippen molar-refractivity contribution in [3.05, 3.63) is 112 Å². The molecule has 6 heteroatoms. The lowest BCUT2D eigenvalue weighted by molar-refractivity contribution is -0.135. The van der Waals surface area contributed by atoms with Gasteiger partial charge in [-0.3, -0.25) is 0 Å². The molecule has 1 heterocycles. The second-order valence-corrected chi connectivity index (χ2v) is 14.3. The predicted molar refractivity (Wildman–Crippen MR) is 191 cm³/mol. The van der Waals surface area contributed by atoms with E-state index in [0.29, 0.717) is 6.42 Å². The maximum absolute atomic E-state index is 12.3. The monoisotopic (exact) mass is 704 g/mol. The Balaban J connectivity index is 1.17. The van der Waals surface area contributed by atoms with Gasteiger partial charge in [-0.1, -0.05) is 105 Å². The number of hydrogen-bond donors (Lipinski definition) is 1. The highest BCUT2D eigenvalue weighted by atomic mass is 79.9. The maximum Gasteiger partial charge on any atom is 0.389 e. The van der Waals surface area contributed by atoms with E-state index in [-0.39, 0.29) is 6.42 Å². The molecule has 1 aliphatic rings. The molecule has 0 N–H and O–H groups in total. The minimum absolute atomic E-state index is 0.253. The van der Waals surface area contributed by atoms with Gasteiger partial charge < -0.3 is 0 Å². The van der Waals surface area contributed by atoms with Crippen molar-refractivity contribution in [2.45, 2.75) is 75.3 Å². The molecular weight excluding hydrogens is 669 g/mol. The summed E-state index contributed by atoms with van der Waals surface area (Å²) in [6, 6.07) is 33.0. The van der Waals surface area contributed by atoms with Gasteiger partial charge in [0.1, 0.15) is 0 Å². The Bertz CT molecular complexity index is 1790. The van der Waals surface area contributed by atoms with Crippen molar-refractivity contribution < 1.29 is 13.2 Å². The standard InChI is InChI=1S/C39H36BrF3S2/c40-34-18-11-17-32(38(34)44)37-31(20-19-30-29-16-8-7-14-27(29)25-33(30)37)36-22-21-35(45-36)28-15-10-13-26(24-28)12-6-4-2-1-3-5-9-23-39(41,42)43/h7-8,10-11,13-22,24,44H,1-6,9,12,23,25H2. The Morgan fingerprint density at radius 1 is 0.667 bits per heavy atom. The summed E-state index contributed by atoms with van der Waals surface area (Å²) >= 11 is 10.5. The lowest BCUT2D eigenvalue weighted by Crippen LogP contribution is -2.06. The molecule has 1 aromatic heterocycles. The third-order valence-corrected chi connectivity index (χ3v) is 11.4. The number of thiol groups is 1. The minimum Gasteiger partial charge on any atom is -0.171 e. The van der Waals surface area contributed by atoms with Crippen LogP contribution in [0.15, 0.2) is 100 Å². The SMILES string of the molecule is FC(F)(F)CCCCCCCCCc1cccc(-c2ccc(-c3ccc4c(c3-c3cccc(Br)c3S)Cc3ccccc3-4)s2)c1. The molecular formula is C39H36BrF3S2. The van der Waals surface area contributed by atoms with Gasteiger partial charge in [-0.25, -0.2) is 0 Å². The van der Waals surface area contributed by atoms with Gasteiger partial charge >= 0.3 is 6.18 Å². The van der Waals surface area contributed by atoms with Crippen LogP contribution in [0.3, 0.4) is 0 Å². The van der Waals surface area contributed by atoms with Crippen LogP contribution in [-0.4, -0.2) is 6.18 Å². The molecule has 4 aromatic carbocycles. The van der Waals surface area contributed by atoms with Crippen LogP contribution >= 0.6 is 39.9 Å². The summed E-state index contributed by atoms with van der Waals surface area (Å²) in [6.45, 7) is 0. The topological polar surface area (TPSA) is 0 Å². The molecule has 0 atom stereocenters. The average molecular weight is 706 g/mol. The van der Waals surface area contributed by atoms with Gasteiger partial charge in [-0.05, 0) is 110 Å². The van der Waals surface area contributed by atoms with Gasteiger partial charge in [-0.15, -0.1) is 24.0 Å². The first-order valence-electron chi connectivity index (χ1n) is 15.8. The third kappa shape index (κ3) is 7.61. The van der Waals surface area contributed by atoms with Crippen molar-refractivity contribution in [3.8, 4) is 43.1 Å². The average Bonchev–Trinajstić information content (AvgIpc) is 3.66. The second-order valence-electron chi connectivity index (χ2n) is 11.9. The normalized spacial score (nSPS) is 12.4. The summed E-state index contributed by atoms with van der Waals surface area (Å²) in [5.41, 5.74) is 11.6. The van der Waals surface area contributed by atoms with Crippen LogP contribution in [0.4, 0.5) is 13.2 Å². The number of rotatable bonds is 12. The molecule has 0 spiro atoms. The minimum atomic E-state index is -4.02. The smallest absolute Gasteiger partial charge is 0.171 e. The highest BCUT2D eigenvalue weighted by Crippen LogP contribution is 2.49. The molecule has 1 aliphatic carbocycles. The van der Waals surface area contributed by atoms with Crippen LogP contribution in [0.5, 0.6) is 0 Å². The van der Waals surface area contributed by atoms with E-state index >= 15 is 0 Å². The first-order chi connectivity index (χ1) is 21.8. The van der Waals surface area contributed by atoms with E-state index in [1.54, 1.807) is 0 Å². The molecule has 232 valence electrons. The molecule has 0 unspecified atom stereocenters. The third-order valence-electron chi connectivity index (χ3n) is 8.75. The fraction of sp³-hybridized carbons (Fsp3) is 0.282. The summed E-state index contributed by atoms with van der Waals surface area (Å²) in [7, 11) is 0. The van der Waals surface area contributed by atoms with Crippen molar-refractivity contribution in [3.63, 3.8) is 0 Å². The molecule has 0 aliphatic heterocycles. The van der Waals surface area contributed by atoms with Crippen LogP contribution in [0, 0.1) is 0 Å². The largest absolute Gasteiger partial charge is 0.389 e. The number of benzene rings is 4. The van der Waals surface area contributed by atoms with Crippen LogP contribution in [0.2, 0.25) is 0 Å². The summed E-state index contributed by atoms with van der Waals surface area (Å²) in [6.07, 6.45) is 3.38. The number of halogens is 4. The second kappa shape index (κ2) is 14.3. The summed E-state index contributed by atoms with van der Waals surface area (Å²) < 4.78 is 37.9. The zero-order chi connectivity index (χ0) is 31.4. The zero-order valence-corrected chi connectivity index (χ0v) is 28.4. The number of alkyl halides is 3. The molecule has 0 radical (unpaired) electrons. The van der Waals surface area contributed by atoms with Crippen LogP contribution < -0.4 is 0 Å². The van der Waals surface area contributed by atoms with Crippen molar-refractivity contribution in [1.29, 1.82) is 0 Å². The van der Waals surface area contributed by atoms with Crippen molar-refractivity contribution in [1.82, 2.24) is 0 Å². The summed E-state index contributed by atoms with van der Waals surface area (Å²) in [5.74, 6) is 0. The Morgan fingerprint density at radius 2 is 1.36 bits per heavy atom. The lowest BCUT2D eigenvalue weighted by atomic mass is 9.90. The highest BCUT2D eigenvalue weighted by Gasteiger charge is 2.27. The maximum atomic E-state index is 12.3. The Morgan fingerprint density at radius 3 is 2.18 bits per heavy atom. The van der Waals surface area contributed by atoms with Crippen molar-refractivity contribution >= 4 is 39.9 Å². The van der Waals surface area contributed by atoms with Gasteiger partial charge in [0.05, 0.1) is 0 Å². The van der Waals surface area contributed by atoms with Gasteiger partial charge in [0.25, 0.3) is 0 Å². The van der Waals surface area contributed by atoms with Gasteiger partial charge in [0.2, 0.25) is 0 Å². The van der Waals surface area contributed by atoms with E-state index in [1.807, 2.05) is 17.4 Å². The molecule has 0 saturated carbocycles. The Hall–Kier alpha value is -2.80. The number of aryl methyl sites for hydroxylation is 1. The van der Waals surface area contributed by atoms with Gasteiger partial charge in [0.15, 0.2) is 0 Å². The molecule has 0 fully saturated rings. The van der Waals surface area contributed by atoms with Crippen LogP contribution in [0.1, 0.15) is 68.1 Å². The zero-order valence-electron chi connectivity index (χ0n) is 25.1. The lowest BCUT2D eigenvalue weighted by Gasteiger charge is -2.17. The number of hydrogen-bond acceptors (Lipinski definition) is 2. The van der Waals surface area contributed by atoms with Crippen molar-refractivity contribution in [2.75, 3.05) is 0 Å². The molecule has 0 saturated heterocycles. The van der Waals surface area contributed by atoms with E-state index in [4.69, 9.17) is 12.6 Å². The molecule has 0 bridgehead atoms. The van der Waals surface area contributed by atoms with Crippen molar-refractivity contribution in [2.24, 2.45) is 0 Å². The molecule has 5 aromatic rings. The van der Waals surface area contributed by atoms with E-state index in [9.17, 15) is 13.2 Å². The summed E-state index contributed by atoms with van der Waals surface area (Å²) in [4.78, 5) is 3.45. The first kappa shape index (κ1) is 32.2. The molecule has 0 amide bonds.